The smallest absolute Gasteiger partial charge is 0.264 e. The zero-order valence-electron chi connectivity index (χ0n) is 20.2. The number of likely N-dealkylation sites (N-methyl/N-ethyl adjacent to an activating group) is 1. The molecule has 1 aliphatic rings. The minimum Gasteiger partial charge on any atom is -0.347 e. The van der Waals surface area contributed by atoms with Crippen LogP contribution in [0.5, 0.6) is 0 Å². The fourth-order valence-electron chi connectivity index (χ4n) is 5.74. The number of allylic oxidation sites excluding steroid dienone is 1. The molecule has 2 nitrogen and oxygen atoms in total. The number of para-hydroxylation sites is 1. The lowest BCUT2D eigenvalue weighted by Gasteiger charge is -2.30. The van der Waals surface area contributed by atoms with Crippen molar-refractivity contribution in [2.75, 3.05) is 11.9 Å². The summed E-state index contributed by atoms with van der Waals surface area (Å²) in [5.41, 5.74) is 7.99. The van der Waals surface area contributed by atoms with E-state index in [9.17, 15) is 0 Å². The zero-order chi connectivity index (χ0) is 23.4. The van der Waals surface area contributed by atoms with Crippen LogP contribution < -0.4 is 9.47 Å². The fourth-order valence-corrected chi connectivity index (χ4v) is 6.82. The lowest BCUT2D eigenvalue weighted by molar-refractivity contribution is -0.642. The van der Waals surface area contributed by atoms with Gasteiger partial charge in [0.25, 0.3) is 5.01 Å². The standard InChI is InChI=1S/C31H29N2S/c1-21-11-5-6-13-23(21)20-31(2)28(19-29-33(4)25-15-9-10-16-27(25)34-29)32(3)26-18-17-22-12-7-8-14-24(22)30(26)31/h5-19H,20H2,1-4H3/q+1. The molecule has 0 amide bonds. The molecule has 1 unspecified atom stereocenters. The predicted octanol–water partition coefficient (Wildman–Crippen LogP) is 7.18. The fraction of sp³-hybridized carbons (Fsp3) is 0.194. The highest BCUT2D eigenvalue weighted by Gasteiger charge is 2.44. The first kappa shape index (κ1) is 21.1. The molecule has 1 aliphatic heterocycles. The van der Waals surface area contributed by atoms with E-state index < -0.39 is 0 Å². The van der Waals surface area contributed by atoms with E-state index >= 15 is 0 Å². The molecule has 3 heteroatoms. The van der Waals surface area contributed by atoms with Crippen LogP contribution in [-0.2, 0) is 18.9 Å². The Hall–Kier alpha value is -3.43. The van der Waals surface area contributed by atoms with Crippen LogP contribution in [-0.4, -0.2) is 7.05 Å². The molecule has 0 N–H and O–H groups in total. The molecule has 1 atom stereocenters. The van der Waals surface area contributed by atoms with Gasteiger partial charge in [0.1, 0.15) is 11.7 Å². The van der Waals surface area contributed by atoms with Crippen molar-refractivity contribution in [3.8, 4) is 0 Å². The molecule has 0 spiro atoms. The van der Waals surface area contributed by atoms with E-state index in [-0.39, 0.29) is 5.41 Å². The van der Waals surface area contributed by atoms with Crippen molar-refractivity contribution < 1.29 is 4.57 Å². The Kier molecular flexibility index (Phi) is 4.86. The molecule has 6 rings (SSSR count). The van der Waals surface area contributed by atoms with E-state index in [1.54, 1.807) is 0 Å². The maximum atomic E-state index is 2.44. The third-order valence-corrected chi connectivity index (χ3v) is 8.75. The molecule has 0 saturated carbocycles. The first-order chi connectivity index (χ1) is 16.5. The molecule has 0 fully saturated rings. The summed E-state index contributed by atoms with van der Waals surface area (Å²) >= 11 is 1.87. The van der Waals surface area contributed by atoms with Crippen LogP contribution >= 0.6 is 11.3 Å². The van der Waals surface area contributed by atoms with Crippen LogP contribution in [0.25, 0.3) is 27.1 Å². The Morgan fingerprint density at radius 2 is 1.65 bits per heavy atom. The van der Waals surface area contributed by atoms with E-state index in [1.165, 1.54) is 54.1 Å². The number of fused-ring (bicyclic) bond motifs is 4. The number of thiazole rings is 1. The normalized spacial score (nSPS) is 18.8. The maximum absolute atomic E-state index is 2.44. The van der Waals surface area contributed by atoms with E-state index in [4.69, 9.17) is 0 Å². The van der Waals surface area contributed by atoms with Crippen molar-refractivity contribution in [3.05, 3.63) is 112 Å². The Morgan fingerprint density at radius 3 is 2.47 bits per heavy atom. The number of hydrogen-bond donors (Lipinski definition) is 0. The Bertz CT molecular complexity index is 1590. The number of benzene rings is 4. The number of hydrogen-bond acceptors (Lipinski definition) is 2. The van der Waals surface area contributed by atoms with Gasteiger partial charge >= 0.3 is 0 Å². The van der Waals surface area contributed by atoms with Crippen molar-refractivity contribution in [2.24, 2.45) is 7.05 Å². The van der Waals surface area contributed by atoms with Crippen LogP contribution in [0.3, 0.4) is 0 Å². The molecule has 0 radical (unpaired) electrons. The summed E-state index contributed by atoms with van der Waals surface area (Å²) in [6, 6.07) is 30.9. The van der Waals surface area contributed by atoms with Crippen molar-refractivity contribution in [2.45, 2.75) is 25.7 Å². The topological polar surface area (TPSA) is 7.12 Å². The van der Waals surface area contributed by atoms with Gasteiger partial charge in [-0.25, -0.2) is 0 Å². The van der Waals surface area contributed by atoms with E-state index in [2.05, 4.69) is 128 Å². The molecule has 0 bridgehead atoms. The van der Waals surface area contributed by atoms with E-state index in [0.29, 0.717) is 0 Å². The van der Waals surface area contributed by atoms with E-state index in [0.717, 1.165) is 6.42 Å². The maximum Gasteiger partial charge on any atom is 0.264 e. The summed E-state index contributed by atoms with van der Waals surface area (Å²) in [7, 11) is 4.41. The molecule has 0 aliphatic carbocycles. The molecular formula is C31H29N2S+. The minimum atomic E-state index is -0.153. The lowest BCUT2D eigenvalue weighted by Crippen LogP contribution is -2.32. The largest absolute Gasteiger partial charge is 0.347 e. The summed E-state index contributed by atoms with van der Waals surface area (Å²) in [5.74, 6) is 0. The summed E-state index contributed by atoms with van der Waals surface area (Å²) in [5, 5.41) is 3.93. The molecule has 1 aromatic heterocycles. The van der Waals surface area contributed by atoms with Crippen molar-refractivity contribution >= 4 is 44.1 Å². The minimum absolute atomic E-state index is 0.153. The SMILES string of the molecule is Cc1ccccc1CC1(C)/C(=C\c2sc3ccccc3[n+]2C)N(C)c2ccc3ccccc3c21. The highest BCUT2D eigenvalue weighted by Crippen LogP contribution is 2.52. The average Bonchev–Trinajstić information content (AvgIpc) is 3.28. The Balaban J connectivity index is 1.62. The Morgan fingerprint density at radius 1 is 0.912 bits per heavy atom. The second kappa shape index (κ2) is 7.82. The van der Waals surface area contributed by atoms with Crippen LogP contribution in [0.2, 0.25) is 0 Å². The molecule has 5 aromatic rings. The first-order valence-electron chi connectivity index (χ1n) is 11.9. The van der Waals surface area contributed by atoms with E-state index in [1.807, 2.05) is 11.3 Å². The second-order valence-corrected chi connectivity index (χ2v) is 10.7. The number of rotatable bonds is 3. The third-order valence-electron chi connectivity index (χ3n) is 7.58. The number of nitrogens with zero attached hydrogens (tertiary/aromatic N) is 2. The van der Waals surface area contributed by atoms with Gasteiger partial charge in [0.05, 0.1) is 0 Å². The van der Waals surface area contributed by atoms with Gasteiger partial charge in [0.15, 0.2) is 0 Å². The van der Waals surface area contributed by atoms with Gasteiger partial charge in [-0.1, -0.05) is 78.1 Å². The zero-order valence-corrected chi connectivity index (χ0v) is 21.0. The molecule has 2 heterocycles. The van der Waals surface area contributed by atoms with Crippen molar-refractivity contribution in [1.82, 2.24) is 0 Å². The quantitative estimate of drug-likeness (QED) is 0.258. The summed E-state index contributed by atoms with van der Waals surface area (Å²) < 4.78 is 3.65. The monoisotopic (exact) mass is 461 g/mol. The molecule has 168 valence electrons. The molecule has 0 saturated heterocycles. The average molecular weight is 462 g/mol. The van der Waals surface area contributed by atoms with Crippen LogP contribution in [0.15, 0.2) is 90.6 Å². The highest BCUT2D eigenvalue weighted by atomic mass is 32.1. The first-order valence-corrected chi connectivity index (χ1v) is 12.7. The second-order valence-electron chi connectivity index (χ2n) is 9.67. The summed E-state index contributed by atoms with van der Waals surface area (Å²) in [6.45, 7) is 4.67. The van der Waals surface area contributed by atoms with Crippen LogP contribution in [0.4, 0.5) is 5.69 Å². The van der Waals surface area contributed by atoms with Crippen molar-refractivity contribution in [1.29, 1.82) is 0 Å². The number of anilines is 1. The molecule has 4 aromatic carbocycles. The van der Waals surface area contributed by atoms with Gasteiger partial charge in [-0.2, -0.15) is 4.57 Å². The molecular weight excluding hydrogens is 432 g/mol. The van der Waals surface area contributed by atoms with Gasteiger partial charge in [-0.3, -0.25) is 0 Å². The van der Waals surface area contributed by atoms with Gasteiger partial charge in [0, 0.05) is 36.0 Å². The predicted molar refractivity (Wildman–Crippen MR) is 146 cm³/mol. The number of aromatic nitrogens is 1. The van der Waals surface area contributed by atoms with Gasteiger partial charge in [0.2, 0.25) is 5.52 Å². The molecule has 34 heavy (non-hydrogen) atoms. The Labute approximate surface area is 205 Å². The summed E-state index contributed by atoms with van der Waals surface area (Å²) in [4.78, 5) is 2.42. The number of aryl methyl sites for hydroxylation is 2. The van der Waals surface area contributed by atoms with Crippen LogP contribution in [0.1, 0.15) is 28.6 Å². The van der Waals surface area contributed by atoms with Crippen LogP contribution in [0, 0.1) is 6.92 Å². The van der Waals surface area contributed by atoms with Crippen molar-refractivity contribution in [3.63, 3.8) is 0 Å². The summed E-state index contributed by atoms with van der Waals surface area (Å²) in [6.07, 6.45) is 3.39. The van der Waals surface area contributed by atoms with Gasteiger partial charge in [-0.15, -0.1) is 0 Å². The van der Waals surface area contributed by atoms with Gasteiger partial charge in [-0.05, 0) is 59.9 Å². The lowest BCUT2D eigenvalue weighted by atomic mass is 9.74. The third kappa shape index (κ3) is 3.11. The highest BCUT2D eigenvalue weighted by molar-refractivity contribution is 7.18. The van der Waals surface area contributed by atoms with Gasteiger partial charge < -0.3 is 4.90 Å².